The van der Waals surface area contributed by atoms with Gasteiger partial charge in [0.25, 0.3) is 5.91 Å². The highest BCUT2D eigenvalue weighted by molar-refractivity contribution is 5.94. The normalized spacial score (nSPS) is 23.0. The number of rotatable bonds is 6. The van der Waals surface area contributed by atoms with E-state index in [-0.39, 0.29) is 17.6 Å². The fourth-order valence-electron chi connectivity index (χ4n) is 5.23. The molecule has 7 heteroatoms. The van der Waals surface area contributed by atoms with Gasteiger partial charge in [-0.05, 0) is 67.6 Å². The van der Waals surface area contributed by atoms with E-state index >= 15 is 0 Å². The zero-order valence-corrected chi connectivity index (χ0v) is 19.2. The second kappa shape index (κ2) is 10.2. The Hall–Kier alpha value is -2.48. The zero-order valence-electron chi connectivity index (χ0n) is 19.2. The van der Waals surface area contributed by atoms with E-state index in [1.54, 1.807) is 0 Å². The van der Waals surface area contributed by atoms with Gasteiger partial charge in [-0.1, -0.05) is 0 Å². The monoisotopic (exact) mass is 450 g/mol. The maximum absolute atomic E-state index is 12.7. The summed E-state index contributed by atoms with van der Waals surface area (Å²) in [6.07, 6.45) is 8.05. The highest BCUT2D eigenvalue weighted by Gasteiger charge is 2.42. The Kier molecular flexibility index (Phi) is 6.90. The van der Waals surface area contributed by atoms with Gasteiger partial charge in [-0.3, -0.25) is 14.7 Å². The molecule has 7 nitrogen and oxygen atoms in total. The van der Waals surface area contributed by atoms with Crippen molar-refractivity contribution >= 4 is 11.6 Å². The third-order valence-corrected chi connectivity index (χ3v) is 7.26. The molecule has 176 valence electrons. The molecule has 0 radical (unpaired) electrons. The van der Waals surface area contributed by atoms with E-state index in [9.17, 15) is 4.79 Å². The van der Waals surface area contributed by atoms with Crippen LogP contribution in [-0.4, -0.2) is 73.4 Å². The summed E-state index contributed by atoms with van der Waals surface area (Å²) in [4.78, 5) is 21.6. The molecule has 1 N–H and O–H groups in total. The highest BCUT2D eigenvalue weighted by atomic mass is 16.5. The first-order chi connectivity index (χ1) is 16.2. The van der Waals surface area contributed by atoms with Gasteiger partial charge in [0.15, 0.2) is 0 Å². The van der Waals surface area contributed by atoms with Crippen LogP contribution in [0, 0.1) is 0 Å². The number of hydrogen-bond donors (Lipinski definition) is 1. The van der Waals surface area contributed by atoms with Crippen LogP contribution < -0.4 is 10.2 Å². The second-order valence-electron chi connectivity index (χ2n) is 9.45. The van der Waals surface area contributed by atoms with Crippen LogP contribution in [0.2, 0.25) is 0 Å². The molecule has 0 bridgehead atoms. The summed E-state index contributed by atoms with van der Waals surface area (Å²) >= 11 is 0. The number of morpholine rings is 1. The van der Waals surface area contributed by atoms with E-state index in [2.05, 4.69) is 32.2 Å². The summed E-state index contributed by atoms with van der Waals surface area (Å²) in [7, 11) is 0. The van der Waals surface area contributed by atoms with Gasteiger partial charge in [-0.2, -0.15) is 0 Å². The fraction of sp³-hybridized carbons (Fsp3) is 0.538. The van der Waals surface area contributed by atoms with Gasteiger partial charge in [-0.15, -0.1) is 0 Å². The molecular formula is C26H34N4O3. The van der Waals surface area contributed by atoms with Crippen LogP contribution in [0.4, 0.5) is 5.69 Å². The molecule has 0 saturated carbocycles. The van der Waals surface area contributed by atoms with Crippen molar-refractivity contribution in [1.82, 2.24) is 15.2 Å². The molecule has 4 heterocycles. The molecule has 0 unspecified atom stereocenters. The van der Waals surface area contributed by atoms with Crippen molar-refractivity contribution in [3.05, 3.63) is 59.9 Å². The second-order valence-corrected chi connectivity index (χ2v) is 9.45. The molecule has 3 aliphatic heterocycles. The number of carbonyl (C=O) groups excluding carboxylic acids is 1. The summed E-state index contributed by atoms with van der Waals surface area (Å²) in [5, 5.41) is 3.09. The van der Waals surface area contributed by atoms with E-state index < -0.39 is 0 Å². The first-order valence-corrected chi connectivity index (χ1v) is 12.2. The third-order valence-electron chi connectivity index (χ3n) is 7.26. The van der Waals surface area contributed by atoms with Crippen molar-refractivity contribution < 1.29 is 14.3 Å². The molecule has 2 aromatic rings. The maximum atomic E-state index is 12.7. The summed E-state index contributed by atoms with van der Waals surface area (Å²) in [5.41, 5.74) is 3.14. The molecule has 1 spiro atoms. The van der Waals surface area contributed by atoms with Gasteiger partial charge in [-0.25, -0.2) is 0 Å². The summed E-state index contributed by atoms with van der Waals surface area (Å²) in [6.45, 7) is 6.96. The Balaban J connectivity index is 1.06. The van der Waals surface area contributed by atoms with Crippen molar-refractivity contribution in [2.45, 2.75) is 43.9 Å². The minimum absolute atomic E-state index is 0.00998. The lowest BCUT2D eigenvalue weighted by atomic mass is 9.88. The molecule has 1 amide bonds. The van der Waals surface area contributed by atoms with Crippen LogP contribution in [0.15, 0.2) is 48.8 Å². The lowest BCUT2D eigenvalue weighted by Gasteiger charge is -2.39. The largest absolute Gasteiger partial charge is 0.378 e. The van der Waals surface area contributed by atoms with Crippen molar-refractivity contribution in [3.63, 3.8) is 0 Å². The highest BCUT2D eigenvalue weighted by Crippen LogP contribution is 2.39. The predicted molar refractivity (Wildman–Crippen MR) is 127 cm³/mol. The van der Waals surface area contributed by atoms with E-state index in [1.165, 1.54) is 5.56 Å². The number of nitrogens with one attached hydrogen (secondary N) is 1. The molecule has 1 aromatic heterocycles. The van der Waals surface area contributed by atoms with Gasteiger partial charge in [0.2, 0.25) is 0 Å². The van der Waals surface area contributed by atoms with E-state index in [0.29, 0.717) is 12.1 Å². The molecular weight excluding hydrogens is 416 g/mol. The number of pyridine rings is 1. The first-order valence-electron chi connectivity index (χ1n) is 12.2. The molecule has 5 rings (SSSR count). The molecule has 33 heavy (non-hydrogen) atoms. The van der Waals surface area contributed by atoms with E-state index in [0.717, 1.165) is 77.3 Å². The van der Waals surface area contributed by atoms with Gasteiger partial charge in [0, 0.05) is 62.9 Å². The molecule has 1 aromatic carbocycles. The van der Waals surface area contributed by atoms with Crippen LogP contribution >= 0.6 is 0 Å². The Bertz CT molecular complexity index is 907. The number of piperidine rings is 1. The average molecular weight is 451 g/mol. The molecule has 3 saturated heterocycles. The minimum atomic E-state index is -0.0275. The Morgan fingerprint density at radius 3 is 2.45 bits per heavy atom. The molecule has 3 aliphatic rings. The summed E-state index contributed by atoms with van der Waals surface area (Å²) < 4.78 is 11.9. The summed E-state index contributed by atoms with van der Waals surface area (Å²) in [5.74, 6) is -0.0275. The number of hydrogen-bond acceptors (Lipinski definition) is 6. The van der Waals surface area contributed by atoms with Crippen LogP contribution in [-0.2, 0) is 16.0 Å². The Labute approximate surface area is 196 Å². The van der Waals surface area contributed by atoms with Crippen molar-refractivity contribution in [2.24, 2.45) is 0 Å². The number of carbonyl (C=O) groups is 1. The predicted octanol–water partition coefficient (Wildman–Crippen LogP) is 2.86. The van der Waals surface area contributed by atoms with Crippen LogP contribution in [0.1, 0.15) is 41.6 Å². The quantitative estimate of drug-likeness (QED) is 0.730. The smallest absolute Gasteiger partial charge is 0.251 e. The van der Waals surface area contributed by atoms with Gasteiger partial charge >= 0.3 is 0 Å². The fourth-order valence-corrected chi connectivity index (χ4v) is 5.23. The van der Waals surface area contributed by atoms with Gasteiger partial charge in [0.1, 0.15) is 0 Å². The van der Waals surface area contributed by atoms with E-state index in [4.69, 9.17) is 9.47 Å². The van der Waals surface area contributed by atoms with Crippen LogP contribution in [0.5, 0.6) is 0 Å². The Morgan fingerprint density at radius 2 is 1.73 bits per heavy atom. The Morgan fingerprint density at radius 1 is 1.00 bits per heavy atom. The number of ether oxygens (including phenoxy) is 2. The number of benzene rings is 1. The molecule has 3 fully saturated rings. The van der Waals surface area contributed by atoms with Crippen LogP contribution in [0.3, 0.4) is 0 Å². The number of aromatic nitrogens is 1. The molecule has 0 aliphatic carbocycles. The SMILES string of the molecule is O=C(NC[C@H]1CCC2(CCN(Cc3ccncc3)CC2)O1)c1ccc(N2CCOCC2)cc1. The lowest BCUT2D eigenvalue weighted by molar-refractivity contribution is -0.0764. The van der Waals surface area contributed by atoms with Gasteiger partial charge < -0.3 is 19.7 Å². The number of nitrogens with zero attached hydrogens (tertiary/aromatic N) is 3. The van der Waals surface area contributed by atoms with Crippen molar-refractivity contribution in [1.29, 1.82) is 0 Å². The third kappa shape index (κ3) is 5.54. The standard InChI is InChI=1S/C26H34N4O3/c31-25(22-1-3-23(4-2-22)30-15-17-32-18-16-30)28-19-24-5-8-26(33-24)9-13-29(14-10-26)20-21-6-11-27-12-7-21/h1-4,6-7,11-12,24H,5,8-10,13-20H2,(H,28,31)/t24-/m1/s1. The summed E-state index contributed by atoms with van der Waals surface area (Å²) in [6, 6.07) is 12.1. The topological polar surface area (TPSA) is 66.9 Å². The van der Waals surface area contributed by atoms with E-state index in [1.807, 2.05) is 36.7 Å². The van der Waals surface area contributed by atoms with Crippen molar-refractivity contribution in [3.8, 4) is 0 Å². The minimum Gasteiger partial charge on any atom is -0.378 e. The molecule has 1 atom stereocenters. The lowest BCUT2D eigenvalue weighted by Crippen LogP contribution is -2.44. The first kappa shape index (κ1) is 22.3. The average Bonchev–Trinajstić information content (AvgIpc) is 3.28. The zero-order chi connectivity index (χ0) is 22.5. The number of amides is 1. The number of anilines is 1. The van der Waals surface area contributed by atoms with Crippen LogP contribution in [0.25, 0.3) is 0 Å². The number of likely N-dealkylation sites (tertiary alicyclic amines) is 1. The van der Waals surface area contributed by atoms with Crippen molar-refractivity contribution in [2.75, 3.05) is 50.8 Å². The maximum Gasteiger partial charge on any atom is 0.251 e. The van der Waals surface area contributed by atoms with Gasteiger partial charge in [0.05, 0.1) is 24.9 Å².